The van der Waals surface area contributed by atoms with Gasteiger partial charge in [0, 0.05) is 13.1 Å². The lowest BCUT2D eigenvalue weighted by atomic mass is 9.92. The van der Waals surface area contributed by atoms with E-state index in [1.807, 2.05) is 11.8 Å². The van der Waals surface area contributed by atoms with E-state index in [0.29, 0.717) is 32.6 Å². The van der Waals surface area contributed by atoms with E-state index in [4.69, 9.17) is 0 Å². The first-order valence-electron chi connectivity index (χ1n) is 7.81. The minimum absolute atomic E-state index is 0.140. The van der Waals surface area contributed by atoms with Crippen molar-refractivity contribution in [1.82, 2.24) is 10.2 Å². The number of carboxylic acid groups (broad SMARTS) is 1. The topological polar surface area (TPSA) is 86.7 Å². The molecule has 0 spiro atoms. The molecular formula is C14H26N2O4S. The number of nitrogens with one attached hydrogen (secondary N) is 1. The first kappa shape index (κ1) is 16.7. The number of sulfone groups is 1. The number of hydrogen-bond donors (Lipinski definition) is 2. The summed E-state index contributed by atoms with van der Waals surface area (Å²) in [4.78, 5) is 13.9. The SMILES string of the molecule is CCCNC(CN1CCCS(=O)(=O)CC1)(C(=O)O)C1CC1. The Morgan fingerprint density at radius 3 is 2.62 bits per heavy atom. The van der Waals surface area contributed by atoms with Crippen LogP contribution in [0.4, 0.5) is 0 Å². The Hall–Kier alpha value is -0.660. The molecule has 0 aromatic heterocycles. The van der Waals surface area contributed by atoms with E-state index in [0.717, 1.165) is 19.3 Å². The van der Waals surface area contributed by atoms with Crippen LogP contribution < -0.4 is 5.32 Å². The maximum Gasteiger partial charge on any atom is 0.325 e. The molecule has 0 radical (unpaired) electrons. The molecule has 1 saturated carbocycles. The average Bonchev–Trinajstić information content (AvgIpc) is 3.24. The molecule has 1 aliphatic heterocycles. The lowest BCUT2D eigenvalue weighted by Crippen LogP contribution is -2.61. The zero-order chi connectivity index (χ0) is 15.5. The Balaban J connectivity index is 2.09. The van der Waals surface area contributed by atoms with Crippen molar-refractivity contribution in [2.24, 2.45) is 5.92 Å². The Labute approximate surface area is 126 Å². The molecule has 2 N–H and O–H groups in total. The largest absolute Gasteiger partial charge is 0.480 e. The summed E-state index contributed by atoms with van der Waals surface area (Å²) >= 11 is 0. The summed E-state index contributed by atoms with van der Waals surface area (Å²) < 4.78 is 23.4. The van der Waals surface area contributed by atoms with Gasteiger partial charge in [-0.3, -0.25) is 9.69 Å². The third kappa shape index (κ3) is 4.17. The average molecular weight is 318 g/mol. The van der Waals surface area contributed by atoms with E-state index in [1.165, 1.54) is 0 Å². The molecule has 7 heteroatoms. The number of rotatable bonds is 7. The van der Waals surface area contributed by atoms with Crippen molar-refractivity contribution in [1.29, 1.82) is 0 Å². The molecule has 0 aromatic carbocycles. The minimum atomic E-state index is -2.96. The Morgan fingerprint density at radius 2 is 2.05 bits per heavy atom. The molecule has 1 heterocycles. The summed E-state index contributed by atoms with van der Waals surface area (Å²) in [5.41, 5.74) is -0.913. The van der Waals surface area contributed by atoms with Crippen LogP contribution in [-0.2, 0) is 14.6 Å². The highest BCUT2D eigenvalue weighted by Crippen LogP contribution is 2.40. The predicted molar refractivity (Wildman–Crippen MR) is 81.1 cm³/mol. The van der Waals surface area contributed by atoms with E-state index in [-0.39, 0.29) is 17.4 Å². The second-order valence-electron chi connectivity index (χ2n) is 6.26. The van der Waals surface area contributed by atoms with Crippen LogP contribution in [0.25, 0.3) is 0 Å². The van der Waals surface area contributed by atoms with Crippen LogP contribution in [0, 0.1) is 5.92 Å². The minimum Gasteiger partial charge on any atom is -0.480 e. The van der Waals surface area contributed by atoms with Crippen molar-refractivity contribution in [2.45, 2.75) is 38.1 Å². The van der Waals surface area contributed by atoms with Gasteiger partial charge in [0.1, 0.15) is 5.54 Å². The summed E-state index contributed by atoms with van der Waals surface area (Å²) in [7, 11) is -2.96. The van der Waals surface area contributed by atoms with Gasteiger partial charge in [0.05, 0.1) is 11.5 Å². The Kier molecular flexibility index (Phi) is 5.27. The van der Waals surface area contributed by atoms with Crippen LogP contribution in [0.5, 0.6) is 0 Å². The van der Waals surface area contributed by atoms with E-state index >= 15 is 0 Å². The first-order chi connectivity index (χ1) is 9.89. The first-order valence-corrected chi connectivity index (χ1v) is 9.63. The maximum atomic E-state index is 11.9. The molecule has 1 atom stereocenters. The zero-order valence-electron chi connectivity index (χ0n) is 12.7. The molecule has 21 heavy (non-hydrogen) atoms. The molecular weight excluding hydrogens is 292 g/mol. The highest BCUT2D eigenvalue weighted by atomic mass is 32.2. The van der Waals surface area contributed by atoms with Gasteiger partial charge in [0.25, 0.3) is 0 Å². The van der Waals surface area contributed by atoms with Gasteiger partial charge < -0.3 is 10.4 Å². The number of aliphatic carboxylic acids is 1. The van der Waals surface area contributed by atoms with E-state index in [2.05, 4.69) is 5.32 Å². The van der Waals surface area contributed by atoms with Crippen molar-refractivity contribution in [3.8, 4) is 0 Å². The van der Waals surface area contributed by atoms with Gasteiger partial charge in [-0.25, -0.2) is 8.42 Å². The van der Waals surface area contributed by atoms with Gasteiger partial charge in [0.15, 0.2) is 9.84 Å². The third-order valence-electron chi connectivity index (χ3n) is 4.47. The van der Waals surface area contributed by atoms with Gasteiger partial charge in [-0.1, -0.05) is 6.92 Å². The van der Waals surface area contributed by atoms with Gasteiger partial charge in [-0.05, 0) is 44.7 Å². The van der Waals surface area contributed by atoms with Crippen LogP contribution in [0.15, 0.2) is 0 Å². The fourth-order valence-electron chi connectivity index (χ4n) is 3.07. The van der Waals surface area contributed by atoms with Crippen LogP contribution in [0.3, 0.4) is 0 Å². The molecule has 2 rings (SSSR count). The number of nitrogens with zero attached hydrogens (tertiary/aromatic N) is 1. The van der Waals surface area contributed by atoms with Gasteiger partial charge in [-0.2, -0.15) is 0 Å². The smallest absolute Gasteiger partial charge is 0.325 e. The molecule has 0 aromatic rings. The summed E-state index contributed by atoms with van der Waals surface area (Å²) in [6.45, 7) is 4.20. The van der Waals surface area contributed by atoms with Crippen molar-refractivity contribution in [3.05, 3.63) is 0 Å². The molecule has 1 unspecified atom stereocenters. The third-order valence-corrected chi connectivity index (χ3v) is 6.18. The number of hydrogen-bond acceptors (Lipinski definition) is 5. The molecule has 1 aliphatic carbocycles. The lowest BCUT2D eigenvalue weighted by Gasteiger charge is -2.36. The zero-order valence-corrected chi connectivity index (χ0v) is 13.5. The normalized spacial score (nSPS) is 26.0. The van der Waals surface area contributed by atoms with Gasteiger partial charge >= 0.3 is 5.97 Å². The molecule has 2 fully saturated rings. The molecule has 1 saturated heterocycles. The highest BCUT2D eigenvalue weighted by molar-refractivity contribution is 7.91. The van der Waals surface area contributed by atoms with Crippen LogP contribution in [0.1, 0.15) is 32.6 Å². The second kappa shape index (κ2) is 6.62. The van der Waals surface area contributed by atoms with Crippen molar-refractivity contribution in [3.63, 3.8) is 0 Å². The highest BCUT2D eigenvalue weighted by Gasteiger charge is 2.51. The molecule has 6 nitrogen and oxygen atoms in total. The lowest BCUT2D eigenvalue weighted by molar-refractivity contribution is -0.147. The Morgan fingerprint density at radius 1 is 1.33 bits per heavy atom. The van der Waals surface area contributed by atoms with Crippen molar-refractivity contribution < 1.29 is 18.3 Å². The Bertz CT molecular complexity index is 475. The fourth-order valence-corrected chi connectivity index (χ4v) is 4.38. The van der Waals surface area contributed by atoms with Crippen molar-refractivity contribution in [2.75, 3.05) is 37.7 Å². The quantitative estimate of drug-likeness (QED) is 0.704. The van der Waals surface area contributed by atoms with Crippen LogP contribution >= 0.6 is 0 Å². The molecule has 0 bridgehead atoms. The molecule has 0 amide bonds. The predicted octanol–water partition coefficient (Wildman–Crippen LogP) is 0.340. The summed E-state index contributed by atoms with van der Waals surface area (Å²) in [5, 5.41) is 13.0. The second-order valence-corrected chi connectivity index (χ2v) is 8.56. The van der Waals surface area contributed by atoms with E-state index in [9.17, 15) is 18.3 Å². The van der Waals surface area contributed by atoms with Crippen LogP contribution in [-0.4, -0.2) is 67.6 Å². The number of carboxylic acids is 1. The summed E-state index contributed by atoms with van der Waals surface area (Å²) in [6, 6.07) is 0. The van der Waals surface area contributed by atoms with Gasteiger partial charge in [-0.15, -0.1) is 0 Å². The molecule has 122 valence electrons. The standard InChI is InChI=1S/C14H26N2O4S/c1-2-6-15-14(13(17)18,12-4-5-12)11-16-7-3-9-21(19,20)10-8-16/h12,15H,2-11H2,1H3,(H,17,18). The maximum absolute atomic E-state index is 11.9. The van der Waals surface area contributed by atoms with E-state index < -0.39 is 21.3 Å². The summed E-state index contributed by atoms with van der Waals surface area (Å²) in [6.07, 6.45) is 3.36. The van der Waals surface area contributed by atoms with Crippen LogP contribution in [0.2, 0.25) is 0 Å². The summed E-state index contributed by atoms with van der Waals surface area (Å²) in [5.74, 6) is -0.275. The van der Waals surface area contributed by atoms with Crippen molar-refractivity contribution >= 4 is 15.8 Å². The van der Waals surface area contributed by atoms with Gasteiger partial charge in [0.2, 0.25) is 0 Å². The fraction of sp³-hybridized carbons (Fsp3) is 0.929. The van der Waals surface area contributed by atoms with E-state index in [1.54, 1.807) is 0 Å². The monoisotopic (exact) mass is 318 g/mol. The molecule has 2 aliphatic rings. The number of carbonyl (C=O) groups is 1.